The number of amides is 1. The van der Waals surface area contributed by atoms with Crippen LogP contribution in [0.3, 0.4) is 0 Å². The van der Waals surface area contributed by atoms with Crippen LogP contribution in [0.25, 0.3) is 0 Å². The fourth-order valence-corrected chi connectivity index (χ4v) is 2.31. The molecule has 1 aliphatic carbocycles. The quantitative estimate of drug-likeness (QED) is 0.807. The molecule has 5 nitrogen and oxygen atoms in total. The van der Waals surface area contributed by atoms with Crippen molar-refractivity contribution in [2.24, 2.45) is 5.92 Å². The van der Waals surface area contributed by atoms with Gasteiger partial charge in [0.25, 0.3) is 5.91 Å². The first-order valence-electron chi connectivity index (χ1n) is 8.03. The normalized spacial score (nSPS) is 14.8. The zero-order valence-electron chi connectivity index (χ0n) is 13.4. The largest absolute Gasteiger partial charge is 0.477 e. The van der Waals surface area contributed by atoms with Crippen LogP contribution in [0.1, 0.15) is 34.9 Å². The van der Waals surface area contributed by atoms with Crippen molar-refractivity contribution in [3.05, 3.63) is 59.3 Å². The lowest BCUT2D eigenvalue weighted by Crippen LogP contribution is -2.29. The summed E-state index contributed by atoms with van der Waals surface area (Å²) >= 11 is 0. The second-order valence-corrected chi connectivity index (χ2v) is 6.00. The molecule has 132 valence electrons. The third kappa shape index (κ3) is 4.51. The molecule has 1 heterocycles. The molecule has 3 rings (SSSR count). The number of ether oxygens (including phenoxy) is 1. The molecule has 1 aliphatic rings. The van der Waals surface area contributed by atoms with Gasteiger partial charge in [0.1, 0.15) is 17.7 Å². The topological polar surface area (TPSA) is 71.5 Å². The maximum atomic E-state index is 13.6. The van der Waals surface area contributed by atoms with E-state index < -0.39 is 29.2 Å². The molecule has 2 aromatic rings. The van der Waals surface area contributed by atoms with E-state index in [1.54, 1.807) is 12.1 Å². The van der Waals surface area contributed by atoms with Gasteiger partial charge in [-0.25, -0.2) is 13.8 Å². The summed E-state index contributed by atoms with van der Waals surface area (Å²) in [5.41, 5.74) is -0.204. The highest BCUT2D eigenvalue weighted by Crippen LogP contribution is 2.29. The van der Waals surface area contributed by atoms with Crippen LogP contribution in [-0.4, -0.2) is 29.1 Å². The van der Waals surface area contributed by atoms with Crippen molar-refractivity contribution in [2.45, 2.75) is 18.9 Å². The molecule has 1 aromatic carbocycles. The minimum atomic E-state index is -1.49. The first-order valence-corrected chi connectivity index (χ1v) is 8.03. The van der Waals surface area contributed by atoms with Crippen LogP contribution in [0.15, 0.2) is 36.5 Å². The lowest BCUT2D eigenvalue weighted by atomic mass is 10.1. The summed E-state index contributed by atoms with van der Waals surface area (Å²) in [5, 5.41) is 12.3. The van der Waals surface area contributed by atoms with Crippen LogP contribution in [0.2, 0.25) is 0 Å². The van der Waals surface area contributed by atoms with Crippen LogP contribution in [0.5, 0.6) is 5.88 Å². The van der Waals surface area contributed by atoms with E-state index in [0.29, 0.717) is 18.4 Å². The van der Waals surface area contributed by atoms with Gasteiger partial charge in [-0.3, -0.25) is 4.79 Å². The Labute approximate surface area is 143 Å². The SMILES string of the molecule is O=C(NCC(O)c1c(F)cccc1F)c1ccc(OCC2CC2)nc1. The summed E-state index contributed by atoms with van der Waals surface area (Å²) in [6.07, 6.45) is 2.21. The number of rotatable bonds is 7. The van der Waals surface area contributed by atoms with Crippen molar-refractivity contribution in [1.82, 2.24) is 10.3 Å². The molecular formula is C18H18F2N2O3. The molecule has 0 spiro atoms. The Kier molecular flexibility index (Phi) is 5.23. The van der Waals surface area contributed by atoms with Gasteiger partial charge in [0, 0.05) is 18.8 Å². The summed E-state index contributed by atoms with van der Waals surface area (Å²) < 4.78 is 32.7. The average molecular weight is 348 g/mol. The fraction of sp³-hybridized carbons (Fsp3) is 0.333. The lowest BCUT2D eigenvalue weighted by Gasteiger charge is -2.14. The van der Waals surface area contributed by atoms with Gasteiger partial charge in [-0.15, -0.1) is 0 Å². The minimum Gasteiger partial charge on any atom is -0.477 e. The standard InChI is InChI=1S/C18H18F2N2O3/c19-13-2-1-3-14(20)17(13)15(23)9-22-18(24)12-6-7-16(21-8-12)25-10-11-4-5-11/h1-3,6-8,11,15,23H,4-5,9-10H2,(H,22,24). The molecule has 1 amide bonds. The number of aliphatic hydroxyl groups excluding tert-OH is 1. The maximum Gasteiger partial charge on any atom is 0.252 e. The van der Waals surface area contributed by atoms with Crippen LogP contribution >= 0.6 is 0 Å². The summed E-state index contributed by atoms with van der Waals surface area (Å²) in [6, 6.07) is 6.43. The average Bonchev–Trinajstić information content (AvgIpc) is 3.42. The number of aromatic nitrogens is 1. The highest BCUT2D eigenvalue weighted by atomic mass is 19.1. The number of benzene rings is 1. The van der Waals surface area contributed by atoms with Gasteiger partial charge in [-0.1, -0.05) is 6.07 Å². The number of halogens is 2. The van der Waals surface area contributed by atoms with Gasteiger partial charge in [-0.2, -0.15) is 0 Å². The van der Waals surface area contributed by atoms with Crippen LogP contribution in [-0.2, 0) is 0 Å². The number of hydrogen-bond donors (Lipinski definition) is 2. The zero-order chi connectivity index (χ0) is 17.8. The Bertz CT molecular complexity index is 728. The van der Waals surface area contributed by atoms with Crippen molar-refractivity contribution < 1.29 is 23.4 Å². The maximum absolute atomic E-state index is 13.6. The highest BCUT2D eigenvalue weighted by molar-refractivity contribution is 5.93. The van der Waals surface area contributed by atoms with Crippen LogP contribution in [0, 0.1) is 17.6 Å². The van der Waals surface area contributed by atoms with E-state index >= 15 is 0 Å². The molecule has 25 heavy (non-hydrogen) atoms. The van der Waals surface area contributed by atoms with Crippen molar-refractivity contribution >= 4 is 5.91 Å². The Balaban J connectivity index is 1.54. The zero-order valence-corrected chi connectivity index (χ0v) is 13.4. The molecule has 0 bridgehead atoms. The fourth-order valence-electron chi connectivity index (χ4n) is 2.31. The second-order valence-electron chi connectivity index (χ2n) is 6.00. The monoisotopic (exact) mass is 348 g/mol. The second kappa shape index (κ2) is 7.57. The Morgan fingerprint density at radius 1 is 1.28 bits per heavy atom. The number of hydrogen-bond acceptors (Lipinski definition) is 4. The molecule has 0 saturated heterocycles. The molecule has 1 saturated carbocycles. The molecule has 1 atom stereocenters. The number of carbonyl (C=O) groups is 1. The van der Waals surface area contributed by atoms with Crippen molar-refractivity contribution in [2.75, 3.05) is 13.2 Å². The van der Waals surface area contributed by atoms with Gasteiger partial charge >= 0.3 is 0 Å². The van der Waals surface area contributed by atoms with Crippen LogP contribution < -0.4 is 10.1 Å². The summed E-state index contributed by atoms with van der Waals surface area (Å²) in [6.45, 7) is 0.301. The van der Waals surface area contributed by atoms with Gasteiger partial charge in [-0.05, 0) is 37.0 Å². The van der Waals surface area contributed by atoms with Gasteiger partial charge in [0.05, 0.1) is 17.7 Å². The Morgan fingerprint density at radius 3 is 2.60 bits per heavy atom. The number of pyridine rings is 1. The third-order valence-electron chi connectivity index (χ3n) is 3.95. The van der Waals surface area contributed by atoms with Gasteiger partial charge < -0.3 is 15.2 Å². The molecule has 7 heteroatoms. The number of nitrogens with zero attached hydrogens (tertiary/aromatic N) is 1. The molecule has 1 aromatic heterocycles. The van der Waals surface area contributed by atoms with E-state index in [9.17, 15) is 18.7 Å². The summed E-state index contributed by atoms with van der Waals surface area (Å²) in [4.78, 5) is 16.1. The molecule has 0 aliphatic heterocycles. The molecule has 1 unspecified atom stereocenters. The number of carbonyl (C=O) groups excluding carboxylic acids is 1. The minimum absolute atomic E-state index is 0.264. The molecule has 2 N–H and O–H groups in total. The summed E-state index contributed by atoms with van der Waals surface area (Å²) in [5.74, 6) is -1.18. The number of aliphatic hydroxyl groups is 1. The highest BCUT2D eigenvalue weighted by Gasteiger charge is 2.22. The van der Waals surface area contributed by atoms with E-state index in [4.69, 9.17) is 4.74 Å². The predicted molar refractivity (Wildman–Crippen MR) is 86.1 cm³/mol. The van der Waals surface area contributed by atoms with Crippen molar-refractivity contribution in [3.8, 4) is 5.88 Å². The van der Waals surface area contributed by atoms with E-state index in [2.05, 4.69) is 10.3 Å². The molecular weight excluding hydrogens is 330 g/mol. The molecule has 0 radical (unpaired) electrons. The van der Waals surface area contributed by atoms with Gasteiger partial charge in [0.15, 0.2) is 0 Å². The van der Waals surface area contributed by atoms with E-state index in [-0.39, 0.29) is 12.1 Å². The lowest BCUT2D eigenvalue weighted by molar-refractivity contribution is 0.0911. The molecule has 1 fully saturated rings. The smallest absolute Gasteiger partial charge is 0.252 e. The predicted octanol–water partition coefficient (Wildman–Crippen LogP) is 2.61. The van der Waals surface area contributed by atoms with Gasteiger partial charge in [0.2, 0.25) is 5.88 Å². The third-order valence-corrected chi connectivity index (χ3v) is 3.95. The van der Waals surface area contributed by atoms with Crippen LogP contribution in [0.4, 0.5) is 8.78 Å². The van der Waals surface area contributed by atoms with E-state index in [1.807, 2.05) is 0 Å². The van der Waals surface area contributed by atoms with E-state index in [1.165, 1.54) is 25.1 Å². The van der Waals surface area contributed by atoms with E-state index in [0.717, 1.165) is 12.1 Å². The summed E-state index contributed by atoms with van der Waals surface area (Å²) in [7, 11) is 0. The Morgan fingerprint density at radius 2 is 2.00 bits per heavy atom. The first-order chi connectivity index (χ1) is 12.0. The number of nitrogens with one attached hydrogen (secondary N) is 1. The first kappa shape index (κ1) is 17.3. The van der Waals surface area contributed by atoms with Crippen molar-refractivity contribution in [1.29, 1.82) is 0 Å². The van der Waals surface area contributed by atoms with Crippen molar-refractivity contribution in [3.63, 3.8) is 0 Å². The Hall–Kier alpha value is -2.54.